The SMILES string of the molecule is COc1ccc(C(=O)CSc2nc3cc(C(=O)NC(C)C)ccc3c(=O)n2C[C@H]2CCCO2)cc1. The van der Waals surface area contributed by atoms with E-state index < -0.39 is 0 Å². The smallest absolute Gasteiger partial charge is 0.262 e. The van der Waals surface area contributed by atoms with Crippen molar-refractivity contribution in [1.29, 1.82) is 0 Å². The van der Waals surface area contributed by atoms with Crippen LogP contribution in [0.1, 0.15) is 47.4 Å². The minimum atomic E-state index is -0.226. The molecule has 184 valence electrons. The third kappa shape index (κ3) is 5.91. The number of benzene rings is 2. The number of ketones is 1. The minimum absolute atomic E-state index is 0.0133. The van der Waals surface area contributed by atoms with E-state index in [9.17, 15) is 14.4 Å². The summed E-state index contributed by atoms with van der Waals surface area (Å²) in [5.74, 6) is 0.480. The molecule has 1 saturated heterocycles. The Kier molecular flexibility index (Phi) is 7.87. The number of amides is 1. The summed E-state index contributed by atoms with van der Waals surface area (Å²) < 4.78 is 12.5. The van der Waals surface area contributed by atoms with Gasteiger partial charge in [-0.25, -0.2) is 4.98 Å². The van der Waals surface area contributed by atoms with Crippen molar-refractivity contribution in [3.8, 4) is 5.75 Å². The van der Waals surface area contributed by atoms with Crippen molar-refractivity contribution in [2.75, 3.05) is 19.5 Å². The van der Waals surface area contributed by atoms with Gasteiger partial charge in [-0.05, 0) is 69.2 Å². The third-order valence-corrected chi connectivity index (χ3v) is 6.73. The lowest BCUT2D eigenvalue weighted by molar-refractivity contribution is 0.0936. The molecule has 1 amide bonds. The number of fused-ring (bicyclic) bond motifs is 1. The molecule has 1 atom stereocenters. The number of Topliss-reactive ketones (excluding diaryl/α,β-unsaturated/α-hetero) is 1. The Hall–Kier alpha value is -3.17. The molecule has 0 saturated carbocycles. The lowest BCUT2D eigenvalue weighted by Crippen LogP contribution is -2.31. The summed E-state index contributed by atoms with van der Waals surface area (Å²) in [4.78, 5) is 43.4. The molecule has 8 nitrogen and oxygen atoms in total. The molecule has 2 heterocycles. The maximum absolute atomic E-state index is 13.4. The molecule has 1 N–H and O–H groups in total. The molecule has 0 unspecified atom stereocenters. The van der Waals surface area contributed by atoms with Crippen molar-refractivity contribution in [2.45, 2.75) is 50.5 Å². The van der Waals surface area contributed by atoms with Gasteiger partial charge in [-0.3, -0.25) is 19.0 Å². The standard InChI is InChI=1S/C26H29N3O5S/c1-16(2)27-24(31)18-8-11-21-22(13-18)28-26(29(25(21)32)14-20-5-4-12-34-20)35-15-23(30)17-6-9-19(33-3)10-7-17/h6-11,13,16,20H,4-5,12,14-15H2,1-3H3,(H,27,31)/t20-/m1/s1. The van der Waals surface area contributed by atoms with Crippen LogP contribution in [0.25, 0.3) is 10.9 Å². The molecule has 0 radical (unpaired) electrons. The Labute approximate surface area is 208 Å². The largest absolute Gasteiger partial charge is 0.497 e. The van der Waals surface area contributed by atoms with Gasteiger partial charge in [0.1, 0.15) is 5.75 Å². The van der Waals surface area contributed by atoms with Crippen LogP contribution in [0, 0.1) is 0 Å². The van der Waals surface area contributed by atoms with Crippen LogP contribution in [0.2, 0.25) is 0 Å². The van der Waals surface area contributed by atoms with Crippen molar-refractivity contribution in [2.24, 2.45) is 0 Å². The topological polar surface area (TPSA) is 99.5 Å². The average molecular weight is 496 g/mol. The molecule has 1 fully saturated rings. The lowest BCUT2D eigenvalue weighted by atomic mass is 10.1. The van der Waals surface area contributed by atoms with Crippen LogP contribution in [-0.4, -0.2) is 52.9 Å². The molecule has 1 aliphatic heterocycles. The zero-order valence-electron chi connectivity index (χ0n) is 20.1. The van der Waals surface area contributed by atoms with E-state index in [-0.39, 0.29) is 35.1 Å². The van der Waals surface area contributed by atoms with Gasteiger partial charge in [0.25, 0.3) is 11.5 Å². The molecule has 0 aliphatic carbocycles. The highest BCUT2D eigenvalue weighted by Gasteiger charge is 2.21. The van der Waals surface area contributed by atoms with Crippen molar-refractivity contribution in [1.82, 2.24) is 14.9 Å². The highest BCUT2D eigenvalue weighted by atomic mass is 32.2. The molecule has 0 bridgehead atoms. The predicted molar refractivity (Wildman–Crippen MR) is 136 cm³/mol. The fraction of sp³-hybridized carbons (Fsp3) is 0.385. The van der Waals surface area contributed by atoms with Gasteiger partial charge in [-0.2, -0.15) is 0 Å². The first-order valence-electron chi connectivity index (χ1n) is 11.6. The van der Waals surface area contributed by atoms with Gasteiger partial charge in [0, 0.05) is 23.8 Å². The molecule has 3 aromatic rings. The minimum Gasteiger partial charge on any atom is -0.497 e. The number of methoxy groups -OCH3 is 1. The van der Waals surface area contributed by atoms with Crippen LogP contribution in [0.4, 0.5) is 0 Å². The van der Waals surface area contributed by atoms with Crippen LogP contribution in [-0.2, 0) is 11.3 Å². The normalized spacial score (nSPS) is 15.5. The highest BCUT2D eigenvalue weighted by Crippen LogP contribution is 2.23. The Morgan fingerprint density at radius 2 is 1.94 bits per heavy atom. The fourth-order valence-corrected chi connectivity index (χ4v) is 4.84. The van der Waals surface area contributed by atoms with Crippen LogP contribution in [0.3, 0.4) is 0 Å². The van der Waals surface area contributed by atoms with Crippen LogP contribution >= 0.6 is 11.8 Å². The van der Waals surface area contributed by atoms with Gasteiger partial charge in [0.2, 0.25) is 0 Å². The molecular weight excluding hydrogens is 466 g/mol. The Morgan fingerprint density at radius 3 is 2.60 bits per heavy atom. The summed E-state index contributed by atoms with van der Waals surface area (Å²) in [6.45, 7) is 4.81. The summed E-state index contributed by atoms with van der Waals surface area (Å²) in [6, 6.07) is 11.8. The number of aromatic nitrogens is 2. The monoisotopic (exact) mass is 495 g/mol. The molecule has 4 rings (SSSR count). The average Bonchev–Trinajstić information content (AvgIpc) is 3.37. The summed E-state index contributed by atoms with van der Waals surface area (Å²) in [5, 5.41) is 3.71. The number of rotatable bonds is 9. The van der Waals surface area contributed by atoms with E-state index in [1.807, 2.05) is 13.8 Å². The second-order valence-electron chi connectivity index (χ2n) is 8.75. The van der Waals surface area contributed by atoms with Gasteiger partial charge in [0.05, 0.1) is 36.4 Å². The Bertz CT molecular complexity index is 1280. The molecule has 2 aromatic carbocycles. The number of hydrogen-bond acceptors (Lipinski definition) is 7. The van der Waals surface area contributed by atoms with E-state index in [1.165, 1.54) is 11.8 Å². The van der Waals surface area contributed by atoms with Gasteiger partial charge < -0.3 is 14.8 Å². The number of nitrogens with zero attached hydrogens (tertiary/aromatic N) is 2. The summed E-state index contributed by atoms with van der Waals surface area (Å²) in [6.07, 6.45) is 1.75. The number of carbonyl (C=O) groups excluding carboxylic acids is 2. The summed E-state index contributed by atoms with van der Waals surface area (Å²) >= 11 is 1.21. The third-order valence-electron chi connectivity index (χ3n) is 5.76. The van der Waals surface area contributed by atoms with Gasteiger partial charge in [-0.1, -0.05) is 11.8 Å². The fourth-order valence-electron chi connectivity index (χ4n) is 3.94. The lowest BCUT2D eigenvalue weighted by Gasteiger charge is -2.17. The number of hydrogen-bond donors (Lipinski definition) is 1. The second-order valence-corrected chi connectivity index (χ2v) is 9.69. The van der Waals surface area contributed by atoms with Gasteiger partial charge >= 0.3 is 0 Å². The Balaban J connectivity index is 1.66. The number of ether oxygens (including phenoxy) is 2. The van der Waals surface area contributed by atoms with E-state index in [4.69, 9.17) is 14.5 Å². The number of nitrogens with one attached hydrogen (secondary N) is 1. The highest BCUT2D eigenvalue weighted by molar-refractivity contribution is 7.99. The summed E-state index contributed by atoms with van der Waals surface area (Å²) in [7, 11) is 1.57. The maximum atomic E-state index is 13.4. The van der Waals surface area contributed by atoms with Crippen LogP contribution < -0.4 is 15.6 Å². The van der Waals surface area contributed by atoms with Crippen LogP contribution in [0.15, 0.2) is 52.4 Å². The Morgan fingerprint density at radius 1 is 1.20 bits per heavy atom. The molecular formula is C26H29N3O5S. The molecule has 1 aromatic heterocycles. The zero-order valence-corrected chi connectivity index (χ0v) is 20.9. The van der Waals surface area contributed by atoms with E-state index in [1.54, 1.807) is 54.1 Å². The van der Waals surface area contributed by atoms with Crippen molar-refractivity contribution in [3.05, 3.63) is 63.9 Å². The van der Waals surface area contributed by atoms with E-state index in [0.717, 1.165) is 12.8 Å². The number of thioether (sulfide) groups is 1. The van der Waals surface area contributed by atoms with E-state index >= 15 is 0 Å². The first-order valence-corrected chi connectivity index (χ1v) is 12.6. The van der Waals surface area contributed by atoms with Gasteiger partial charge in [-0.15, -0.1) is 0 Å². The second kappa shape index (κ2) is 11.0. The first-order chi connectivity index (χ1) is 16.9. The van der Waals surface area contributed by atoms with E-state index in [0.29, 0.717) is 46.1 Å². The van der Waals surface area contributed by atoms with E-state index in [2.05, 4.69) is 5.32 Å². The van der Waals surface area contributed by atoms with Gasteiger partial charge in [0.15, 0.2) is 10.9 Å². The molecule has 0 spiro atoms. The number of carbonyl (C=O) groups is 2. The predicted octanol–water partition coefficient (Wildman–Crippen LogP) is 3.70. The molecule has 9 heteroatoms. The summed E-state index contributed by atoms with van der Waals surface area (Å²) in [5.41, 5.74) is 1.20. The maximum Gasteiger partial charge on any atom is 0.262 e. The van der Waals surface area contributed by atoms with Crippen molar-refractivity contribution < 1.29 is 19.1 Å². The van der Waals surface area contributed by atoms with Crippen molar-refractivity contribution >= 4 is 34.4 Å². The molecule has 35 heavy (non-hydrogen) atoms. The molecule has 1 aliphatic rings. The van der Waals surface area contributed by atoms with Crippen LogP contribution in [0.5, 0.6) is 5.75 Å². The first kappa shape index (κ1) is 24.9. The zero-order chi connectivity index (χ0) is 24.9. The van der Waals surface area contributed by atoms with Crippen molar-refractivity contribution in [3.63, 3.8) is 0 Å². The quantitative estimate of drug-likeness (QED) is 0.275.